The van der Waals surface area contributed by atoms with Crippen LogP contribution in [0, 0.1) is 13.8 Å². The molecule has 4 rings (SSSR count). The summed E-state index contributed by atoms with van der Waals surface area (Å²) in [6.45, 7) is 3.74. The molecule has 1 aliphatic heterocycles. The Morgan fingerprint density at radius 1 is 0.882 bits per heavy atom. The highest BCUT2D eigenvalue weighted by atomic mass is 35.5. The monoisotopic (exact) mass is 476 g/mol. The molecule has 0 aliphatic carbocycles. The predicted octanol–water partition coefficient (Wildman–Crippen LogP) is 4.97. The van der Waals surface area contributed by atoms with Crippen LogP contribution >= 0.6 is 11.6 Å². The number of hydrogen-bond donors (Lipinski definition) is 1. The Kier molecular flexibility index (Phi) is 6.38. The van der Waals surface area contributed by atoms with E-state index in [4.69, 9.17) is 21.1 Å². The van der Waals surface area contributed by atoms with Gasteiger partial charge in [0, 0.05) is 5.69 Å². The summed E-state index contributed by atoms with van der Waals surface area (Å²) >= 11 is 6.18. The van der Waals surface area contributed by atoms with Gasteiger partial charge in [0.25, 0.3) is 11.8 Å². The van der Waals surface area contributed by atoms with Gasteiger partial charge < -0.3 is 14.8 Å². The van der Waals surface area contributed by atoms with Crippen molar-refractivity contribution >= 4 is 40.8 Å². The van der Waals surface area contributed by atoms with Crippen LogP contribution in [0.1, 0.15) is 21.5 Å². The van der Waals surface area contributed by atoms with E-state index in [0.29, 0.717) is 28.4 Å². The van der Waals surface area contributed by atoms with E-state index in [1.165, 1.54) is 7.11 Å². The standard InChI is InChI=1S/C26H21ClN2O5/c1-15-5-4-6-16(2)23(15)34-26(32)17-7-9-18(10-8-17)28-22-21(27)24(30)29(25(22)31)19-11-13-20(33-3)14-12-19/h4-14,28H,1-3H3. The number of ether oxygens (including phenoxy) is 2. The second kappa shape index (κ2) is 9.41. The first-order chi connectivity index (χ1) is 16.3. The minimum absolute atomic E-state index is 0.0478. The van der Waals surface area contributed by atoms with Crippen LogP contribution in [-0.4, -0.2) is 24.9 Å². The maximum atomic E-state index is 12.9. The molecule has 0 radical (unpaired) electrons. The van der Waals surface area contributed by atoms with E-state index < -0.39 is 17.8 Å². The SMILES string of the molecule is COc1ccc(N2C(=O)C(Cl)=C(Nc3ccc(C(=O)Oc4c(C)cccc4C)cc3)C2=O)cc1. The molecule has 3 aromatic carbocycles. The third-order valence-electron chi connectivity index (χ3n) is 5.35. The van der Waals surface area contributed by atoms with Gasteiger partial charge in [-0.15, -0.1) is 0 Å². The van der Waals surface area contributed by atoms with Crippen molar-refractivity contribution in [2.75, 3.05) is 17.3 Å². The molecule has 0 bridgehead atoms. The van der Waals surface area contributed by atoms with Gasteiger partial charge in [-0.1, -0.05) is 29.8 Å². The van der Waals surface area contributed by atoms with Gasteiger partial charge in [-0.05, 0) is 73.5 Å². The lowest BCUT2D eigenvalue weighted by atomic mass is 10.1. The number of imide groups is 1. The number of para-hydroxylation sites is 1. The largest absolute Gasteiger partial charge is 0.497 e. The van der Waals surface area contributed by atoms with Crippen molar-refractivity contribution in [3.8, 4) is 11.5 Å². The minimum atomic E-state index is -0.631. The Bertz CT molecular complexity index is 1290. The fourth-order valence-electron chi connectivity index (χ4n) is 3.52. The molecule has 172 valence electrons. The van der Waals surface area contributed by atoms with Crippen LogP contribution in [0.3, 0.4) is 0 Å². The molecule has 1 N–H and O–H groups in total. The fourth-order valence-corrected chi connectivity index (χ4v) is 3.74. The van der Waals surface area contributed by atoms with E-state index in [1.807, 2.05) is 32.0 Å². The molecule has 1 aliphatic rings. The van der Waals surface area contributed by atoms with Crippen molar-refractivity contribution in [1.82, 2.24) is 0 Å². The fraction of sp³-hybridized carbons (Fsp3) is 0.115. The molecule has 0 saturated heterocycles. The molecule has 34 heavy (non-hydrogen) atoms. The molecule has 0 aromatic heterocycles. The summed E-state index contributed by atoms with van der Waals surface area (Å²) in [5.41, 5.74) is 2.86. The second-order valence-corrected chi connectivity index (χ2v) is 8.02. The summed E-state index contributed by atoms with van der Waals surface area (Å²) in [6, 6.07) is 18.5. The first-order valence-corrected chi connectivity index (χ1v) is 10.8. The highest BCUT2D eigenvalue weighted by Crippen LogP contribution is 2.31. The molecule has 3 aromatic rings. The zero-order chi connectivity index (χ0) is 24.4. The van der Waals surface area contributed by atoms with E-state index in [1.54, 1.807) is 48.5 Å². The summed E-state index contributed by atoms with van der Waals surface area (Å²) in [5.74, 6) is -0.595. The van der Waals surface area contributed by atoms with Crippen molar-refractivity contribution in [1.29, 1.82) is 0 Å². The highest BCUT2D eigenvalue weighted by molar-refractivity contribution is 6.53. The molecule has 8 heteroatoms. The molecule has 0 atom stereocenters. The van der Waals surface area contributed by atoms with Gasteiger partial charge in [0.15, 0.2) is 0 Å². The third kappa shape index (κ3) is 4.38. The van der Waals surface area contributed by atoms with Gasteiger partial charge in [-0.3, -0.25) is 9.59 Å². The van der Waals surface area contributed by atoms with Crippen molar-refractivity contribution < 1.29 is 23.9 Å². The molecule has 0 fully saturated rings. The molecule has 0 spiro atoms. The lowest BCUT2D eigenvalue weighted by Crippen LogP contribution is -2.32. The number of hydrogen-bond acceptors (Lipinski definition) is 6. The lowest BCUT2D eigenvalue weighted by Gasteiger charge is -2.15. The summed E-state index contributed by atoms with van der Waals surface area (Å²) in [6.07, 6.45) is 0. The van der Waals surface area contributed by atoms with Crippen molar-refractivity contribution in [3.63, 3.8) is 0 Å². The topological polar surface area (TPSA) is 84.9 Å². The number of methoxy groups -OCH3 is 1. The van der Waals surface area contributed by atoms with Crippen LogP contribution < -0.4 is 19.7 Å². The molecule has 7 nitrogen and oxygen atoms in total. The maximum Gasteiger partial charge on any atom is 0.343 e. The van der Waals surface area contributed by atoms with E-state index in [-0.39, 0.29) is 10.7 Å². The van der Waals surface area contributed by atoms with E-state index in [2.05, 4.69) is 5.32 Å². The zero-order valence-electron chi connectivity index (χ0n) is 18.7. The first kappa shape index (κ1) is 23.1. The number of carbonyl (C=O) groups excluding carboxylic acids is 3. The van der Waals surface area contributed by atoms with Gasteiger partial charge in [0.1, 0.15) is 22.2 Å². The van der Waals surface area contributed by atoms with Gasteiger partial charge >= 0.3 is 5.97 Å². The van der Waals surface area contributed by atoms with Crippen LogP contribution in [0.25, 0.3) is 0 Å². The Morgan fingerprint density at radius 3 is 2.09 bits per heavy atom. The first-order valence-electron chi connectivity index (χ1n) is 10.4. The number of amides is 2. The van der Waals surface area contributed by atoms with Gasteiger partial charge in [0.05, 0.1) is 18.4 Å². The quantitative estimate of drug-likeness (QED) is 0.307. The van der Waals surface area contributed by atoms with Crippen LogP contribution in [-0.2, 0) is 9.59 Å². The number of rotatable bonds is 6. The Labute approximate surface area is 201 Å². The molecular weight excluding hydrogens is 456 g/mol. The normalized spacial score (nSPS) is 13.4. The number of carbonyl (C=O) groups is 3. The lowest BCUT2D eigenvalue weighted by molar-refractivity contribution is -0.120. The van der Waals surface area contributed by atoms with Crippen LogP contribution in [0.5, 0.6) is 11.5 Å². The second-order valence-electron chi connectivity index (χ2n) is 7.65. The van der Waals surface area contributed by atoms with Crippen LogP contribution in [0.2, 0.25) is 0 Å². The summed E-state index contributed by atoms with van der Waals surface area (Å²) in [4.78, 5) is 39.1. The molecule has 1 heterocycles. The Morgan fingerprint density at radius 2 is 1.50 bits per heavy atom. The van der Waals surface area contributed by atoms with Crippen molar-refractivity contribution in [2.45, 2.75) is 13.8 Å². The summed E-state index contributed by atoms with van der Waals surface area (Å²) in [7, 11) is 1.52. The minimum Gasteiger partial charge on any atom is -0.497 e. The van der Waals surface area contributed by atoms with E-state index in [0.717, 1.165) is 16.0 Å². The summed E-state index contributed by atoms with van der Waals surface area (Å²) < 4.78 is 10.7. The van der Waals surface area contributed by atoms with E-state index >= 15 is 0 Å². The summed E-state index contributed by atoms with van der Waals surface area (Å²) in [5, 5.41) is 2.66. The van der Waals surface area contributed by atoms with Crippen molar-refractivity contribution in [2.24, 2.45) is 0 Å². The molecule has 0 saturated carbocycles. The van der Waals surface area contributed by atoms with Gasteiger partial charge in [-0.2, -0.15) is 0 Å². The van der Waals surface area contributed by atoms with E-state index in [9.17, 15) is 14.4 Å². The molecular formula is C26H21ClN2O5. The number of esters is 1. The maximum absolute atomic E-state index is 12.9. The third-order valence-corrected chi connectivity index (χ3v) is 5.70. The molecule has 0 unspecified atom stereocenters. The number of benzene rings is 3. The zero-order valence-corrected chi connectivity index (χ0v) is 19.5. The van der Waals surface area contributed by atoms with Crippen LogP contribution in [0.15, 0.2) is 77.5 Å². The molecule has 2 amide bonds. The van der Waals surface area contributed by atoms with Crippen LogP contribution in [0.4, 0.5) is 11.4 Å². The van der Waals surface area contributed by atoms with Crippen molar-refractivity contribution in [3.05, 3.63) is 94.1 Å². The average molecular weight is 477 g/mol. The smallest absolute Gasteiger partial charge is 0.343 e. The number of halogens is 1. The number of anilines is 2. The van der Waals surface area contributed by atoms with Gasteiger partial charge in [0.2, 0.25) is 0 Å². The Hall–Kier alpha value is -4.10. The number of nitrogens with one attached hydrogen (secondary N) is 1. The predicted molar refractivity (Wildman–Crippen MR) is 129 cm³/mol. The average Bonchev–Trinajstić information content (AvgIpc) is 3.05. The van der Waals surface area contributed by atoms with Gasteiger partial charge in [-0.25, -0.2) is 9.69 Å². The number of nitrogens with zero attached hydrogens (tertiary/aromatic N) is 1. The number of aryl methyl sites for hydroxylation is 2. The highest BCUT2D eigenvalue weighted by Gasteiger charge is 2.39. The Balaban J connectivity index is 1.49.